The minimum atomic E-state index is -3.75. The van der Waals surface area contributed by atoms with Gasteiger partial charge in [0.2, 0.25) is 10.0 Å². The Morgan fingerprint density at radius 1 is 1.10 bits per heavy atom. The first-order valence-corrected chi connectivity index (χ1v) is 11.0. The third-order valence-electron chi connectivity index (χ3n) is 4.04. The normalized spacial score (nSPS) is 12.1. The maximum absolute atomic E-state index is 12.7. The number of benzene rings is 2. The lowest BCUT2D eigenvalue weighted by molar-refractivity contribution is 0.102. The van der Waals surface area contributed by atoms with E-state index in [0.717, 1.165) is 0 Å². The Balaban J connectivity index is 1.89. The van der Waals surface area contributed by atoms with E-state index in [1.807, 2.05) is 13.8 Å². The van der Waals surface area contributed by atoms with Crippen molar-refractivity contribution in [3.63, 3.8) is 0 Å². The second-order valence-electron chi connectivity index (χ2n) is 7.26. The van der Waals surface area contributed by atoms with Gasteiger partial charge in [0.15, 0.2) is 11.5 Å². The molecule has 2 aromatic carbocycles. The van der Waals surface area contributed by atoms with Crippen molar-refractivity contribution in [2.75, 3.05) is 5.32 Å². The number of nitrogens with zero attached hydrogens (tertiary/aromatic N) is 1. The van der Waals surface area contributed by atoms with E-state index in [4.69, 9.17) is 16.0 Å². The molecule has 154 valence electrons. The molecule has 0 bridgehead atoms. The molecule has 0 aliphatic carbocycles. The molecular formula is C20H22ClN3O4S. The van der Waals surface area contributed by atoms with Gasteiger partial charge in [0.1, 0.15) is 5.52 Å². The van der Waals surface area contributed by atoms with E-state index in [9.17, 15) is 13.2 Å². The monoisotopic (exact) mass is 435 g/mol. The molecule has 3 aromatic rings. The Labute approximate surface area is 174 Å². The molecule has 1 aromatic heterocycles. The Morgan fingerprint density at radius 3 is 2.48 bits per heavy atom. The Bertz CT molecular complexity index is 1170. The fraction of sp³-hybridized carbons (Fsp3) is 0.300. The summed E-state index contributed by atoms with van der Waals surface area (Å²) in [5.74, 6) is 0.231. The van der Waals surface area contributed by atoms with Crippen LogP contribution in [0.3, 0.4) is 0 Å². The van der Waals surface area contributed by atoms with Crippen molar-refractivity contribution in [1.29, 1.82) is 0 Å². The summed E-state index contributed by atoms with van der Waals surface area (Å²) in [6.45, 7) is 7.38. The molecule has 0 saturated heterocycles. The smallest absolute Gasteiger partial charge is 0.257 e. The number of fused-ring (bicyclic) bond motifs is 1. The van der Waals surface area contributed by atoms with Gasteiger partial charge in [0, 0.05) is 17.6 Å². The number of aromatic nitrogens is 1. The highest BCUT2D eigenvalue weighted by atomic mass is 35.5. The molecule has 1 heterocycles. The van der Waals surface area contributed by atoms with Gasteiger partial charge < -0.3 is 9.73 Å². The zero-order valence-corrected chi connectivity index (χ0v) is 18.1. The molecule has 0 spiro atoms. The van der Waals surface area contributed by atoms with E-state index in [-0.39, 0.29) is 27.4 Å². The lowest BCUT2D eigenvalue weighted by Crippen LogP contribution is -2.30. The lowest BCUT2D eigenvalue weighted by Gasteiger charge is -2.12. The molecule has 0 atom stereocenters. The molecule has 3 rings (SSSR count). The number of oxazole rings is 1. The standard InChI is InChI=1S/C20H22ClN3O4S/c1-11(2)20-23-17-9-13(5-8-18(17)28-20)22-19(25)15-10-14(6-7-16(15)21)29(26,27)24-12(3)4/h5-12,24H,1-4H3,(H,22,25). The molecule has 7 nitrogen and oxygen atoms in total. The predicted octanol–water partition coefficient (Wildman–Crippen LogP) is 4.54. The number of sulfonamides is 1. The zero-order chi connectivity index (χ0) is 21.3. The van der Waals surface area contributed by atoms with Crippen LogP contribution in [0.25, 0.3) is 11.1 Å². The fourth-order valence-corrected chi connectivity index (χ4v) is 4.17. The summed E-state index contributed by atoms with van der Waals surface area (Å²) in [4.78, 5) is 17.1. The van der Waals surface area contributed by atoms with Crippen molar-refractivity contribution < 1.29 is 17.6 Å². The van der Waals surface area contributed by atoms with Crippen LogP contribution in [-0.4, -0.2) is 25.4 Å². The van der Waals surface area contributed by atoms with Crippen LogP contribution in [0.4, 0.5) is 5.69 Å². The number of hydrogen-bond donors (Lipinski definition) is 2. The maximum Gasteiger partial charge on any atom is 0.257 e. The highest BCUT2D eigenvalue weighted by Gasteiger charge is 2.20. The molecular weight excluding hydrogens is 414 g/mol. The third kappa shape index (κ3) is 4.77. The summed E-state index contributed by atoms with van der Waals surface area (Å²) in [5.41, 5.74) is 1.80. The average Bonchev–Trinajstić information content (AvgIpc) is 3.04. The van der Waals surface area contributed by atoms with Gasteiger partial charge in [-0.15, -0.1) is 0 Å². The molecule has 0 fully saturated rings. The second kappa shape index (κ2) is 8.14. The van der Waals surface area contributed by atoms with Gasteiger partial charge in [-0.2, -0.15) is 0 Å². The number of anilines is 1. The van der Waals surface area contributed by atoms with Crippen LogP contribution in [-0.2, 0) is 10.0 Å². The molecule has 0 unspecified atom stereocenters. The van der Waals surface area contributed by atoms with E-state index < -0.39 is 15.9 Å². The van der Waals surface area contributed by atoms with Crippen LogP contribution in [0.1, 0.15) is 49.9 Å². The van der Waals surface area contributed by atoms with E-state index >= 15 is 0 Å². The Hall–Kier alpha value is -2.42. The number of amides is 1. The average molecular weight is 436 g/mol. The summed E-state index contributed by atoms with van der Waals surface area (Å²) < 4.78 is 32.9. The SMILES string of the molecule is CC(C)NS(=O)(=O)c1ccc(Cl)c(C(=O)Nc2ccc3oc(C(C)C)nc3c2)c1. The van der Waals surface area contributed by atoms with Crippen LogP contribution in [0.2, 0.25) is 5.02 Å². The van der Waals surface area contributed by atoms with E-state index in [1.54, 1.807) is 32.0 Å². The van der Waals surface area contributed by atoms with Gasteiger partial charge >= 0.3 is 0 Å². The van der Waals surface area contributed by atoms with Crippen LogP contribution < -0.4 is 10.0 Å². The first-order valence-electron chi connectivity index (χ1n) is 9.10. The minimum absolute atomic E-state index is 0.0331. The number of halogens is 1. The van der Waals surface area contributed by atoms with Gasteiger partial charge in [-0.05, 0) is 50.2 Å². The first kappa shape index (κ1) is 21.3. The van der Waals surface area contributed by atoms with Gasteiger partial charge in [0.25, 0.3) is 5.91 Å². The summed E-state index contributed by atoms with van der Waals surface area (Å²) in [6, 6.07) is 8.83. The Morgan fingerprint density at radius 2 is 1.83 bits per heavy atom. The van der Waals surface area contributed by atoms with Gasteiger partial charge in [-0.1, -0.05) is 25.4 Å². The zero-order valence-electron chi connectivity index (χ0n) is 16.5. The van der Waals surface area contributed by atoms with Crippen molar-refractivity contribution >= 4 is 44.3 Å². The number of nitrogens with one attached hydrogen (secondary N) is 2. The van der Waals surface area contributed by atoms with Gasteiger partial charge in [0.05, 0.1) is 15.5 Å². The molecule has 29 heavy (non-hydrogen) atoms. The maximum atomic E-state index is 12.7. The Kier molecular flexibility index (Phi) is 5.97. The number of rotatable bonds is 6. The highest BCUT2D eigenvalue weighted by molar-refractivity contribution is 7.89. The van der Waals surface area contributed by atoms with Crippen LogP contribution >= 0.6 is 11.6 Å². The molecule has 0 radical (unpaired) electrons. The first-order chi connectivity index (χ1) is 13.6. The van der Waals surface area contributed by atoms with Crippen LogP contribution in [0.15, 0.2) is 45.7 Å². The lowest BCUT2D eigenvalue weighted by atomic mass is 10.2. The quantitative estimate of drug-likeness (QED) is 0.591. The molecule has 0 saturated carbocycles. The van der Waals surface area contributed by atoms with Crippen molar-refractivity contribution in [2.45, 2.75) is 44.6 Å². The molecule has 0 aliphatic rings. The van der Waals surface area contributed by atoms with Gasteiger partial charge in [-0.3, -0.25) is 4.79 Å². The van der Waals surface area contributed by atoms with E-state index in [2.05, 4.69) is 15.0 Å². The van der Waals surface area contributed by atoms with Crippen molar-refractivity contribution in [1.82, 2.24) is 9.71 Å². The third-order valence-corrected chi connectivity index (χ3v) is 6.03. The number of carbonyl (C=O) groups excluding carboxylic acids is 1. The van der Waals surface area contributed by atoms with Gasteiger partial charge in [-0.25, -0.2) is 18.1 Å². The largest absolute Gasteiger partial charge is 0.440 e. The van der Waals surface area contributed by atoms with E-state index in [1.165, 1.54) is 18.2 Å². The summed E-state index contributed by atoms with van der Waals surface area (Å²) >= 11 is 6.14. The van der Waals surface area contributed by atoms with Crippen LogP contribution in [0.5, 0.6) is 0 Å². The minimum Gasteiger partial charge on any atom is -0.440 e. The number of carbonyl (C=O) groups is 1. The van der Waals surface area contributed by atoms with Crippen LogP contribution in [0, 0.1) is 0 Å². The van der Waals surface area contributed by atoms with E-state index in [0.29, 0.717) is 22.7 Å². The predicted molar refractivity (Wildman–Crippen MR) is 113 cm³/mol. The topological polar surface area (TPSA) is 101 Å². The summed E-state index contributed by atoms with van der Waals surface area (Å²) in [6.07, 6.45) is 0. The molecule has 2 N–H and O–H groups in total. The molecule has 0 aliphatic heterocycles. The molecule has 1 amide bonds. The van der Waals surface area contributed by atoms with Crippen molar-refractivity contribution in [3.8, 4) is 0 Å². The van der Waals surface area contributed by atoms with Crippen molar-refractivity contribution in [3.05, 3.63) is 52.9 Å². The second-order valence-corrected chi connectivity index (χ2v) is 9.38. The highest BCUT2D eigenvalue weighted by Crippen LogP contribution is 2.25. The summed E-state index contributed by atoms with van der Waals surface area (Å²) in [5, 5.41) is 2.88. The summed E-state index contributed by atoms with van der Waals surface area (Å²) in [7, 11) is -3.75. The fourth-order valence-electron chi connectivity index (χ4n) is 2.69. The number of hydrogen-bond acceptors (Lipinski definition) is 5. The van der Waals surface area contributed by atoms with Crippen molar-refractivity contribution in [2.24, 2.45) is 0 Å². The molecule has 9 heteroatoms.